The molecule has 1 aromatic rings. The number of rotatable bonds is 4. The highest BCUT2D eigenvalue weighted by atomic mass is 32.2. The summed E-state index contributed by atoms with van der Waals surface area (Å²) in [5.41, 5.74) is 0.908. The predicted molar refractivity (Wildman–Crippen MR) is 60.0 cm³/mol. The van der Waals surface area contributed by atoms with E-state index in [1.807, 2.05) is 6.92 Å². The van der Waals surface area contributed by atoms with Crippen LogP contribution in [0.1, 0.15) is 12.6 Å². The highest BCUT2D eigenvalue weighted by molar-refractivity contribution is 7.91. The molecule has 0 bridgehead atoms. The van der Waals surface area contributed by atoms with E-state index >= 15 is 0 Å². The molecule has 16 heavy (non-hydrogen) atoms. The van der Waals surface area contributed by atoms with Crippen molar-refractivity contribution in [3.63, 3.8) is 0 Å². The van der Waals surface area contributed by atoms with Crippen LogP contribution in [0.2, 0.25) is 0 Å². The van der Waals surface area contributed by atoms with Gasteiger partial charge in [-0.3, -0.25) is 4.98 Å². The van der Waals surface area contributed by atoms with Crippen LogP contribution >= 0.6 is 0 Å². The van der Waals surface area contributed by atoms with Gasteiger partial charge in [0, 0.05) is 17.8 Å². The zero-order chi connectivity index (χ0) is 11.6. The van der Waals surface area contributed by atoms with Crippen LogP contribution in [0.5, 0.6) is 0 Å². The Kier molecular flexibility index (Phi) is 3.25. The summed E-state index contributed by atoms with van der Waals surface area (Å²) >= 11 is 0. The molecule has 0 atom stereocenters. The largest absolute Gasteiger partial charge is 0.381 e. The van der Waals surface area contributed by atoms with E-state index in [9.17, 15) is 8.42 Å². The molecule has 1 saturated heterocycles. The minimum absolute atomic E-state index is 0.149. The van der Waals surface area contributed by atoms with Crippen molar-refractivity contribution in [1.29, 1.82) is 0 Å². The number of sulfone groups is 1. The van der Waals surface area contributed by atoms with Crippen LogP contribution in [-0.2, 0) is 21.0 Å². The highest BCUT2D eigenvalue weighted by Gasteiger charge is 2.26. The van der Waals surface area contributed by atoms with Gasteiger partial charge >= 0.3 is 0 Å². The number of pyridine rings is 1. The fourth-order valence-electron chi connectivity index (χ4n) is 1.59. The Hall–Kier alpha value is -0.940. The molecule has 2 rings (SSSR count). The Labute approximate surface area is 95.6 Å². The van der Waals surface area contributed by atoms with Crippen LogP contribution in [0.15, 0.2) is 23.2 Å². The molecule has 4 nitrogen and oxygen atoms in total. The van der Waals surface area contributed by atoms with Crippen molar-refractivity contribution in [2.24, 2.45) is 5.92 Å². The van der Waals surface area contributed by atoms with Crippen LogP contribution in [0.3, 0.4) is 0 Å². The van der Waals surface area contributed by atoms with E-state index < -0.39 is 9.84 Å². The topological polar surface area (TPSA) is 56.3 Å². The molecule has 88 valence electrons. The number of hydrogen-bond donors (Lipinski definition) is 0. The van der Waals surface area contributed by atoms with Crippen LogP contribution < -0.4 is 0 Å². The molecule has 0 radical (unpaired) electrons. The second-order valence-corrected chi connectivity index (χ2v) is 6.06. The molecule has 0 unspecified atom stereocenters. The highest BCUT2D eigenvalue weighted by Crippen LogP contribution is 2.18. The van der Waals surface area contributed by atoms with Gasteiger partial charge in [0.1, 0.15) is 0 Å². The van der Waals surface area contributed by atoms with Crippen molar-refractivity contribution in [1.82, 2.24) is 4.98 Å². The fraction of sp³-hybridized carbons (Fsp3) is 0.545. The summed E-state index contributed by atoms with van der Waals surface area (Å²) in [6.07, 6.45) is 2.27. The zero-order valence-electron chi connectivity index (χ0n) is 9.22. The summed E-state index contributed by atoms with van der Waals surface area (Å²) in [5.74, 6) is 0.316. The van der Waals surface area contributed by atoms with Crippen molar-refractivity contribution < 1.29 is 13.2 Å². The molecule has 0 saturated carbocycles. The molecular weight excluding hydrogens is 226 g/mol. The van der Waals surface area contributed by atoms with Crippen molar-refractivity contribution in [3.05, 3.63) is 24.0 Å². The van der Waals surface area contributed by atoms with Gasteiger partial charge in [0.05, 0.1) is 23.9 Å². The molecule has 1 aromatic heterocycles. The zero-order valence-corrected chi connectivity index (χ0v) is 10.0. The summed E-state index contributed by atoms with van der Waals surface area (Å²) in [7, 11) is -3.19. The van der Waals surface area contributed by atoms with Gasteiger partial charge < -0.3 is 4.74 Å². The van der Waals surface area contributed by atoms with E-state index in [2.05, 4.69) is 4.98 Å². The molecule has 0 spiro atoms. The minimum atomic E-state index is -3.19. The van der Waals surface area contributed by atoms with Crippen LogP contribution in [0, 0.1) is 5.92 Å². The van der Waals surface area contributed by atoms with E-state index in [0.29, 0.717) is 18.1 Å². The van der Waals surface area contributed by atoms with Gasteiger partial charge in [0.2, 0.25) is 0 Å². The predicted octanol–water partition coefficient (Wildman–Crippen LogP) is 1.06. The maximum atomic E-state index is 11.9. The number of aromatic nitrogens is 1. The first-order valence-corrected chi connectivity index (χ1v) is 7.02. The average Bonchev–Trinajstić information content (AvgIpc) is 2.24. The van der Waals surface area contributed by atoms with Gasteiger partial charge in [-0.1, -0.05) is 6.92 Å². The Balaban J connectivity index is 2.14. The summed E-state index contributed by atoms with van der Waals surface area (Å²) in [6.45, 7) is 3.10. The van der Waals surface area contributed by atoms with Gasteiger partial charge in [-0.25, -0.2) is 8.42 Å². The van der Waals surface area contributed by atoms with Gasteiger partial charge in [-0.2, -0.15) is 0 Å². The van der Waals surface area contributed by atoms with Crippen molar-refractivity contribution in [2.75, 3.05) is 19.0 Å². The lowest BCUT2D eigenvalue weighted by Crippen LogP contribution is -2.33. The lowest BCUT2D eigenvalue weighted by Gasteiger charge is -2.25. The molecular formula is C11H15NO3S. The summed E-state index contributed by atoms with van der Waals surface area (Å²) in [4.78, 5) is 4.42. The van der Waals surface area contributed by atoms with Gasteiger partial charge in [0.25, 0.3) is 0 Å². The Bertz CT molecular complexity index is 449. The smallest absolute Gasteiger partial charge is 0.180 e. The quantitative estimate of drug-likeness (QED) is 0.791. The second-order valence-electron chi connectivity index (χ2n) is 4.02. The van der Waals surface area contributed by atoms with E-state index in [0.717, 1.165) is 12.1 Å². The third kappa shape index (κ3) is 2.41. The second kappa shape index (κ2) is 4.51. The van der Waals surface area contributed by atoms with Crippen LogP contribution in [0.4, 0.5) is 0 Å². The summed E-state index contributed by atoms with van der Waals surface area (Å²) in [6, 6.07) is 3.41. The maximum Gasteiger partial charge on any atom is 0.180 e. The molecule has 1 aliphatic rings. The molecule has 0 amide bonds. The first-order valence-electron chi connectivity index (χ1n) is 5.37. The third-order valence-electron chi connectivity index (χ3n) is 2.68. The van der Waals surface area contributed by atoms with E-state index in [1.165, 1.54) is 6.20 Å². The van der Waals surface area contributed by atoms with E-state index in [1.54, 1.807) is 12.1 Å². The SMILES string of the molecule is CCc1ccc(S(=O)(=O)CC2COC2)cn1. The third-order valence-corrected chi connectivity index (χ3v) is 4.55. The number of nitrogens with zero attached hydrogens (tertiary/aromatic N) is 1. The Morgan fingerprint density at radius 3 is 2.62 bits per heavy atom. The maximum absolute atomic E-state index is 11.9. The summed E-state index contributed by atoms with van der Waals surface area (Å²) in [5, 5.41) is 0. The molecule has 1 fully saturated rings. The molecule has 0 aliphatic carbocycles. The lowest BCUT2D eigenvalue weighted by atomic mass is 10.1. The van der Waals surface area contributed by atoms with Crippen LogP contribution in [0.25, 0.3) is 0 Å². The Morgan fingerprint density at radius 1 is 1.44 bits per heavy atom. The van der Waals surface area contributed by atoms with Gasteiger partial charge in [0.15, 0.2) is 9.84 Å². The first-order chi connectivity index (χ1) is 7.62. The van der Waals surface area contributed by atoms with Crippen LogP contribution in [-0.4, -0.2) is 32.4 Å². The number of hydrogen-bond acceptors (Lipinski definition) is 4. The normalized spacial score (nSPS) is 17.1. The molecule has 0 N–H and O–H groups in total. The van der Waals surface area contributed by atoms with Gasteiger partial charge in [-0.15, -0.1) is 0 Å². The number of ether oxygens (including phenoxy) is 1. The van der Waals surface area contributed by atoms with Crippen molar-refractivity contribution in [2.45, 2.75) is 18.2 Å². The molecule has 1 aliphatic heterocycles. The van der Waals surface area contributed by atoms with E-state index in [-0.39, 0.29) is 11.7 Å². The average molecular weight is 241 g/mol. The monoisotopic (exact) mass is 241 g/mol. The molecule has 0 aromatic carbocycles. The lowest BCUT2D eigenvalue weighted by molar-refractivity contribution is -0.0204. The fourth-order valence-corrected chi connectivity index (χ4v) is 3.09. The van der Waals surface area contributed by atoms with E-state index in [4.69, 9.17) is 4.74 Å². The first kappa shape index (κ1) is 11.5. The Morgan fingerprint density at radius 2 is 2.19 bits per heavy atom. The van der Waals surface area contributed by atoms with Crippen molar-refractivity contribution in [3.8, 4) is 0 Å². The van der Waals surface area contributed by atoms with Crippen molar-refractivity contribution >= 4 is 9.84 Å². The number of aryl methyl sites for hydroxylation is 1. The minimum Gasteiger partial charge on any atom is -0.381 e. The summed E-state index contributed by atoms with van der Waals surface area (Å²) < 4.78 is 28.9. The standard InChI is InChI=1S/C11H15NO3S/c1-2-10-3-4-11(5-12-10)16(13,14)8-9-6-15-7-9/h3-5,9H,2,6-8H2,1H3. The molecule has 2 heterocycles. The molecule has 5 heteroatoms. The van der Waals surface area contributed by atoms with Gasteiger partial charge in [-0.05, 0) is 18.6 Å².